The first-order chi connectivity index (χ1) is 7.04. The summed E-state index contributed by atoms with van der Waals surface area (Å²) in [4.78, 5) is 9.71. The molecule has 0 amide bonds. The van der Waals surface area contributed by atoms with Crippen LogP contribution in [0.3, 0.4) is 0 Å². The van der Waals surface area contributed by atoms with Gasteiger partial charge in [0.25, 0.3) is 0 Å². The molecule has 15 heavy (non-hydrogen) atoms. The van der Waals surface area contributed by atoms with Crippen molar-refractivity contribution in [2.45, 2.75) is 20.8 Å². The van der Waals surface area contributed by atoms with Crippen molar-refractivity contribution >= 4 is 17.3 Å². The second-order valence-corrected chi connectivity index (χ2v) is 2.98. The molecule has 0 radical (unpaired) electrons. The van der Waals surface area contributed by atoms with E-state index in [0.717, 1.165) is 0 Å². The lowest BCUT2D eigenvalue weighted by Crippen LogP contribution is -2.17. The van der Waals surface area contributed by atoms with E-state index in [1.807, 2.05) is 32.8 Å². The SMILES string of the molecule is CC.CC(=N)c1c(N)ncnc1N(C)C.[HH]. The van der Waals surface area contributed by atoms with E-state index >= 15 is 0 Å². The minimum Gasteiger partial charge on any atom is -0.383 e. The van der Waals surface area contributed by atoms with Gasteiger partial charge in [0.05, 0.1) is 5.56 Å². The topological polar surface area (TPSA) is 78.9 Å². The van der Waals surface area contributed by atoms with Crippen molar-refractivity contribution in [2.75, 3.05) is 24.7 Å². The van der Waals surface area contributed by atoms with Crippen molar-refractivity contribution in [2.24, 2.45) is 0 Å². The summed E-state index contributed by atoms with van der Waals surface area (Å²) in [5.41, 5.74) is 6.62. The van der Waals surface area contributed by atoms with Crippen molar-refractivity contribution in [1.82, 2.24) is 9.97 Å². The summed E-state index contributed by atoms with van der Waals surface area (Å²) >= 11 is 0. The number of rotatable bonds is 2. The molecule has 0 atom stereocenters. The van der Waals surface area contributed by atoms with E-state index in [9.17, 15) is 0 Å². The third-order valence-electron chi connectivity index (χ3n) is 1.66. The zero-order valence-electron chi connectivity index (χ0n) is 10.00. The molecule has 0 aromatic carbocycles. The van der Waals surface area contributed by atoms with Crippen LogP contribution < -0.4 is 10.6 Å². The number of hydrogen-bond acceptors (Lipinski definition) is 5. The van der Waals surface area contributed by atoms with Gasteiger partial charge in [-0.15, -0.1) is 0 Å². The van der Waals surface area contributed by atoms with E-state index in [1.54, 1.807) is 6.92 Å². The van der Waals surface area contributed by atoms with Gasteiger partial charge in [-0.2, -0.15) is 0 Å². The maximum absolute atomic E-state index is 7.52. The van der Waals surface area contributed by atoms with Crippen LogP contribution in [0.4, 0.5) is 11.6 Å². The van der Waals surface area contributed by atoms with Crippen LogP contribution in [0.1, 0.15) is 27.8 Å². The Balaban J connectivity index is 0. The maximum atomic E-state index is 7.52. The number of nitrogens with one attached hydrogen (secondary N) is 1. The predicted octanol–water partition coefficient (Wildman–Crippen LogP) is 1.78. The van der Waals surface area contributed by atoms with E-state index in [4.69, 9.17) is 11.1 Å². The molecule has 0 saturated carbocycles. The molecule has 5 nitrogen and oxygen atoms in total. The Bertz CT molecular complexity index is 338. The molecule has 0 saturated heterocycles. The smallest absolute Gasteiger partial charge is 0.142 e. The van der Waals surface area contributed by atoms with E-state index in [-0.39, 0.29) is 1.43 Å². The molecular formula is C10H21N5. The molecule has 86 valence electrons. The highest BCUT2D eigenvalue weighted by Crippen LogP contribution is 2.19. The number of nitrogen functional groups attached to an aromatic ring is 1. The first-order valence-electron chi connectivity index (χ1n) is 4.87. The molecule has 3 N–H and O–H groups in total. The van der Waals surface area contributed by atoms with Crippen LogP contribution in [0.25, 0.3) is 0 Å². The molecule has 1 aromatic heterocycles. The zero-order valence-corrected chi connectivity index (χ0v) is 10.00. The third-order valence-corrected chi connectivity index (χ3v) is 1.66. The number of hydrogen-bond donors (Lipinski definition) is 2. The standard InChI is InChI=1S/C8H13N5.C2H6.H2/c1-5(9)6-7(10)11-4-12-8(6)13(2)3;1-2;/h4,9H,1-3H3,(H2,10,11,12);1-2H3;1H. The molecule has 0 bridgehead atoms. The number of nitrogens with two attached hydrogens (primary N) is 1. The highest BCUT2D eigenvalue weighted by atomic mass is 15.2. The molecule has 1 aromatic rings. The number of anilines is 2. The van der Waals surface area contributed by atoms with Gasteiger partial charge in [-0.05, 0) is 6.92 Å². The van der Waals surface area contributed by atoms with Crippen molar-refractivity contribution in [3.05, 3.63) is 11.9 Å². The Morgan fingerprint density at radius 3 is 2.27 bits per heavy atom. The Kier molecular flexibility index (Phi) is 5.30. The first kappa shape index (κ1) is 13.4. The highest BCUT2D eigenvalue weighted by molar-refractivity contribution is 6.04. The van der Waals surface area contributed by atoms with Gasteiger partial charge in [0.2, 0.25) is 0 Å². The van der Waals surface area contributed by atoms with Gasteiger partial charge < -0.3 is 16.0 Å². The average Bonchev–Trinajstić information content (AvgIpc) is 2.19. The quantitative estimate of drug-likeness (QED) is 0.731. The van der Waals surface area contributed by atoms with Crippen molar-refractivity contribution in [3.63, 3.8) is 0 Å². The Morgan fingerprint density at radius 2 is 1.93 bits per heavy atom. The Labute approximate surface area is 92.3 Å². The zero-order chi connectivity index (χ0) is 12.0. The monoisotopic (exact) mass is 211 g/mol. The van der Waals surface area contributed by atoms with Gasteiger partial charge in [-0.25, -0.2) is 9.97 Å². The van der Waals surface area contributed by atoms with Gasteiger partial charge in [0.15, 0.2) is 0 Å². The molecule has 0 unspecified atom stereocenters. The predicted molar refractivity (Wildman–Crippen MR) is 66.7 cm³/mol. The molecule has 1 heterocycles. The van der Waals surface area contributed by atoms with Gasteiger partial charge in [-0.3, -0.25) is 0 Å². The molecular weight excluding hydrogens is 190 g/mol. The highest BCUT2D eigenvalue weighted by Gasteiger charge is 2.11. The minimum absolute atomic E-state index is 0. The van der Waals surface area contributed by atoms with Crippen molar-refractivity contribution < 1.29 is 1.43 Å². The largest absolute Gasteiger partial charge is 0.383 e. The van der Waals surface area contributed by atoms with Gasteiger partial charge in [0, 0.05) is 21.2 Å². The van der Waals surface area contributed by atoms with Crippen LogP contribution in [0.5, 0.6) is 0 Å². The average molecular weight is 211 g/mol. The molecule has 5 heteroatoms. The fourth-order valence-electron chi connectivity index (χ4n) is 1.09. The van der Waals surface area contributed by atoms with E-state index in [2.05, 4.69) is 9.97 Å². The lowest BCUT2D eigenvalue weighted by atomic mass is 10.2. The summed E-state index contributed by atoms with van der Waals surface area (Å²) < 4.78 is 0. The summed E-state index contributed by atoms with van der Waals surface area (Å²) in [5, 5.41) is 7.52. The van der Waals surface area contributed by atoms with Crippen LogP contribution in [0.2, 0.25) is 0 Å². The van der Waals surface area contributed by atoms with Crippen LogP contribution >= 0.6 is 0 Å². The molecule has 1 rings (SSSR count). The summed E-state index contributed by atoms with van der Waals surface area (Å²) in [7, 11) is 3.71. The third kappa shape index (κ3) is 3.19. The van der Waals surface area contributed by atoms with E-state index in [1.165, 1.54) is 6.33 Å². The van der Waals surface area contributed by atoms with Gasteiger partial charge in [-0.1, -0.05) is 13.8 Å². The van der Waals surface area contributed by atoms with Crippen LogP contribution in [-0.2, 0) is 0 Å². The van der Waals surface area contributed by atoms with Gasteiger partial charge in [0.1, 0.15) is 18.0 Å². The summed E-state index contributed by atoms with van der Waals surface area (Å²) in [5.74, 6) is 1.03. The fourth-order valence-corrected chi connectivity index (χ4v) is 1.09. The molecule has 0 spiro atoms. The van der Waals surface area contributed by atoms with Crippen molar-refractivity contribution in [1.29, 1.82) is 5.41 Å². The second kappa shape index (κ2) is 5.95. The maximum Gasteiger partial charge on any atom is 0.142 e. The fraction of sp³-hybridized carbons (Fsp3) is 0.500. The molecule has 0 aliphatic heterocycles. The lowest BCUT2D eigenvalue weighted by Gasteiger charge is -2.15. The normalized spacial score (nSPS) is 8.87. The second-order valence-electron chi connectivity index (χ2n) is 2.98. The lowest BCUT2D eigenvalue weighted by molar-refractivity contribution is 1.03. The number of nitrogens with zero attached hydrogens (tertiary/aromatic N) is 3. The minimum atomic E-state index is 0. The molecule has 0 fully saturated rings. The Hall–Kier alpha value is -1.65. The summed E-state index contributed by atoms with van der Waals surface area (Å²) in [6.07, 6.45) is 1.40. The molecule has 0 aliphatic rings. The Morgan fingerprint density at radius 1 is 1.40 bits per heavy atom. The number of aromatic nitrogens is 2. The van der Waals surface area contributed by atoms with E-state index < -0.39 is 0 Å². The molecule has 0 aliphatic carbocycles. The van der Waals surface area contributed by atoms with Crippen LogP contribution in [0, 0.1) is 5.41 Å². The van der Waals surface area contributed by atoms with Crippen LogP contribution in [-0.4, -0.2) is 29.8 Å². The van der Waals surface area contributed by atoms with Crippen molar-refractivity contribution in [3.8, 4) is 0 Å². The van der Waals surface area contributed by atoms with Crippen LogP contribution in [0.15, 0.2) is 6.33 Å². The summed E-state index contributed by atoms with van der Waals surface area (Å²) in [6, 6.07) is 0. The first-order valence-corrected chi connectivity index (χ1v) is 4.87. The summed E-state index contributed by atoms with van der Waals surface area (Å²) in [6.45, 7) is 5.67. The van der Waals surface area contributed by atoms with E-state index in [0.29, 0.717) is 22.9 Å². The van der Waals surface area contributed by atoms with Gasteiger partial charge >= 0.3 is 0 Å².